The first-order valence-corrected chi connectivity index (χ1v) is 17.9. The van der Waals surface area contributed by atoms with Crippen LogP contribution in [-0.2, 0) is 0 Å². The van der Waals surface area contributed by atoms with Crippen LogP contribution in [-0.4, -0.2) is 73.2 Å². The molecule has 1 saturated heterocycles. The third kappa shape index (κ3) is 7.11. The van der Waals surface area contributed by atoms with E-state index in [0.29, 0.717) is 34.0 Å². The molecule has 1 aliphatic carbocycles. The lowest BCUT2D eigenvalue weighted by Gasteiger charge is -2.38. The molecule has 3 N–H and O–H groups in total. The van der Waals surface area contributed by atoms with Gasteiger partial charge in [-0.2, -0.15) is 4.98 Å². The summed E-state index contributed by atoms with van der Waals surface area (Å²) < 4.78 is 0. The predicted octanol–water partition coefficient (Wildman–Crippen LogP) is 6.37. The lowest BCUT2D eigenvalue weighted by molar-refractivity contribution is 0.251. The Balaban J connectivity index is 1.46. The van der Waals surface area contributed by atoms with Gasteiger partial charge in [0.25, 0.3) is 0 Å². The number of benzene rings is 1. The summed E-state index contributed by atoms with van der Waals surface area (Å²) in [5.74, 6) is 4.42. The second kappa shape index (κ2) is 12.9. The van der Waals surface area contributed by atoms with E-state index in [1.165, 1.54) is 5.69 Å². The van der Waals surface area contributed by atoms with Gasteiger partial charge in [-0.3, -0.25) is 5.32 Å². The van der Waals surface area contributed by atoms with Crippen LogP contribution in [0, 0.1) is 11.5 Å². The van der Waals surface area contributed by atoms with E-state index in [-0.39, 0.29) is 12.1 Å². The number of urea groups is 1. The first-order chi connectivity index (χ1) is 20.5. The summed E-state index contributed by atoms with van der Waals surface area (Å²) in [7, 11) is 0.181. The predicted molar refractivity (Wildman–Crippen MR) is 180 cm³/mol. The highest BCUT2D eigenvalue weighted by molar-refractivity contribution is 6.90. The molecule has 0 atom stereocenters. The van der Waals surface area contributed by atoms with Gasteiger partial charge < -0.3 is 20.4 Å². The maximum absolute atomic E-state index is 12.6. The van der Waals surface area contributed by atoms with E-state index >= 15 is 0 Å². The maximum Gasteiger partial charge on any atom is 0.320 e. The van der Waals surface area contributed by atoms with Crippen LogP contribution in [0.4, 0.5) is 27.9 Å². The molecule has 10 heteroatoms. The second-order valence-corrected chi connectivity index (χ2v) is 18.5. The number of nitrogens with zero attached hydrogens (tertiary/aromatic N) is 5. The Labute approximate surface area is 257 Å². The number of hydrogen-bond acceptors (Lipinski definition) is 7. The van der Waals surface area contributed by atoms with Crippen LogP contribution in [0.25, 0.3) is 11.0 Å². The number of likely N-dealkylation sites (N-methyl/N-ethyl adjacent to an activating group) is 1. The molecule has 3 aromatic rings. The molecule has 1 aliphatic heterocycles. The largest absolute Gasteiger partial charge is 0.369 e. The second-order valence-electron chi connectivity index (χ2n) is 13.0. The summed E-state index contributed by atoms with van der Waals surface area (Å²) in [5.41, 5.74) is 8.71. The van der Waals surface area contributed by atoms with Crippen LogP contribution in [0.15, 0.2) is 36.5 Å². The van der Waals surface area contributed by atoms with Gasteiger partial charge in [-0.25, -0.2) is 14.8 Å². The van der Waals surface area contributed by atoms with E-state index in [1.807, 2.05) is 6.07 Å². The van der Waals surface area contributed by atoms with Crippen LogP contribution in [0.5, 0.6) is 0 Å². The number of fused-ring (bicyclic) bond motifs is 1. The third-order valence-electron chi connectivity index (χ3n) is 8.99. The highest BCUT2D eigenvalue weighted by Crippen LogP contribution is 2.41. The number of carbonyl (C=O) groups is 1. The van der Waals surface area contributed by atoms with Gasteiger partial charge in [0.15, 0.2) is 5.65 Å². The van der Waals surface area contributed by atoms with Crippen molar-refractivity contribution < 1.29 is 4.79 Å². The summed E-state index contributed by atoms with van der Waals surface area (Å²) in [5, 5.41) is 9.99. The minimum absolute atomic E-state index is 0.246. The summed E-state index contributed by atoms with van der Waals surface area (Å²) in [6.07, 6.45) is 3.82. The Morgan fingerprint density at radius 1 is 0.953 bits per heavy atom. The van der Waals surface area contributed by atoms with Crippen molar-refractivity contribution in [1.82, 2.24) is 25.2 Å². The molecule has 2 fully saturated rings. The number of piperazine rings is 1. The summed E-state index contributed by atoms with van der Waals surface area (Å²) >= 11 is 0. The average Bonchev–Trinajstić information content (AvgIpc) is 3.77. The summed E-state index contributed by atoms with van der Waals surface area (Å²) in [4.78, 5) is 31.5. The number of aromatic nitrogens is 3. The Hall–Kier alpha value is -3.68. The topological polar surface area (TPSA) is 98.3 Å². The van der Waals surface area contributed by atoms with Crippen LogP contribution < -0.4 is 20.9 Å². The van der Waals surface area contributed by atoms with Crippen LogP contribution in [0.1, 0.15) is 59.9 Å². The molecule has 3 heterocycles. The zero-order valence-corrected chi connectivity index (χ0v) is 27.7. The molecule has 0 spiro atoms. The van der Waals surface area contributed by atoms with Gasteiger partial charge in [-0.1, -0.05) is 47.5 Å². The van der Waals surface area contributed by atoms with Crippen molar-refractivity contribution >= 4 is 48.3 Å². The maximum atomic E-state index is 12.6. The molecule has 1 aromatic carbocycles. The van der Waals surface area contributed by atoms with Gasteiger partial charge in [0.2, 0.25) is 5.95 Å². The quantitative estimate of drug-likeness (QED) is 0.205. The van der Waals surface area contributed by atoms with Gasteiger partial charge in [0, 0.05) is 55.4 Å². The molecule has 0 unspecified atom stereocenters. The van der Waals surface area contributed by atoms with Crippen LogP contribution >= 0.6 is 0 Å². The number of anilines is 4. The smallest absolute Gasteiger partial charge is 0.320 e. The molecule has 43 heavy (non-hydrogen) atoms. The number of rotatable bonds is 8. The number of nitrogens with one attached hydrogen (secondary N) is 3. The van der Waals surface area contributed by atoms with Crippen molar-refractivity contribution in [3.05, 3.63) is 42.1 Å². The van der Waals surface area contributed by atoms with Crippen molar-refractivity contribution in [2.75, 3.05) is 48.8 Å². The molecule has 2 aromatic heterocycles. The Morgan fingerprint density at radius 3 is 2.21 bits per heavy atom. The summed E-state index contributed by atoms with van der Waals surface area (Å²) in [6.45, 7) is 18.0. The lowest BCUT2D eigenvalue weighted by Crippen LogP contribution is -2.44. The number of carbonyl (C=O) groups excluding carboxylic acids is 1. The average molecular weight is 599 g/mol. The van der Waals surface area contributed by atoms with Gasteiger partial charge in [0.1, 0.15) is 13.9 Å². The van der Waals surface area contributed by atoms with Gasteiger partial charge in [0.05, 0.1) is 5.39 Å². The monoisotopic (exact) mass is 598 g/mol. The van der Waals surface area contributed by atoms with E-state index in [0.717, 1.165) is 55.7 Å². The third-order valence-corrected chi connectivity index (χ3v) is 15.3. The van der Waals surface area contributed by atoms with E-state index in [1.54, 1.807) is 6.20 Å². The minimum Gasteiger partial charge on any atom is -0.369 e. The SMILES string of the molecule is CC(C)[Si](C#Cc1cc(NC(=O)NC2CC2)nc2nc(Nc3ccc(N4CCN(C)CC4)cc3)ncc12)(C(C)C)C(C)C. The zero-order valence-electron chi connectivity index (χ0n) is 26.7. The first-order valence-electron chi connectivity index (χ1n) is 15.6. The lowest BCUT2D eigenvalue weighted by atomic mass is 10.2. The first kappa shape index (κ1) is 30.8. The van der Waals surface area contributed by atoms with E-state index in [4.69, 9.17) is 9.97 Å². The number of amides is 2. The van der Waals surface area contributed by atoms with Crippen molar-refractivity contribution in [1.29, 1.82) is 0 Å². The fourth-order valence-electron chi connectivity index (χ4n) is 6.36. The normalized spacial score (nSPS) is 16.0. The molecule has 1 saturated carbocycles. The van der Waals surface area contributed by atoms with Crippen molar-refractivity contribution in [2.24, 2.45) is 0 Å². The molecular weight excluding hydrogens is 553 g/mol. The van der Waals surface area contributed by atoms with Gasteiger partial charge >= 0.3 is 6.03 Å². The van der Waals surface area contributed by atoms with Crippen molar-refractivity contribution in [3.8, 4) is 11.5 Å². The number of pyridine rings is 1. The van der Waals surface area contributed by atoms with E-state index in [2.05, 4.69) is 115 Å². The molecule has 5 rings (SSSR count). The fraction of sp³-hybridized carbons (Fsp3) is 0.515. The zero-order chi connectivity index (χ0) is 30.7. The molecule has 0 bridgehead atoms. The van der Waals surface area contributed by atoms with E-state index in [9.17, 15) is 4.79 Å². The van der Waals surface area contributed by atoms with Gasteiger partial charge in [-0.15, -0.1) is 5.54 Å². The molecular formula is C33H46N8OSi. The van der Waals surface area contributed by atoms with Crippen molar-refractivity contribution in [3.63, 3.8) is 0 Å². The minimum atomic E-state index is -1.98. The highest BCUT2D eigenvalue weighted by atomic mass is 28.3. The highest BCUT2D eigenvalue weighted by Gasteiger charge is 2.41. The number of hydrogen-bond donors (Lipinski definition) is 3. The molecule has 228 valence electrons. The molecule has 9 nitrogen and oxygen atoms in total. The van der Waals surface area contributed by atoms with E-state index < -0.39 is 8.07 Å². The van der Waals surface area contributed by atoms with Gasteiger partial charge in [-0.05, 0) is 66.8 Å². The fourth-order valence-corrected chi connectivity index (χ4v) is 11.6. The Morgan fingerprint density at radius 2 is 1.60 bits per heavy atom. The molecule has 2 aliphatic rings. The van der Waals surface area contributed by atoms with Crippen molar-refractivity contribution in [2.45, 2.75) is 77.0 Å². The standard InChI is InChI=1S/C33H46N8OSi/c1-22(2)43(23(3)4,24(5)6)19-14-25-20-30(38-33(42)36-27-8-9-27)37-31-29(25)21-34-32(39-31)35-26-10-12-28(13-11-26)41-17-15-40(7)16-18-41/h10-13,20-24,27H,8-9,15-18H2,1-7H3,(H3,34,35,36,37,38,39,42). The van der Waals surface area contributed by atoms with Crippen LogP contribution in [0.2, 0.25) is 16.6 Å². The van der Waals surface area contributed by atoms with Crippen LogP contribution in [0.3, 0.4) is 0 Å². The summed E-state index contributed by atoms with van der Waals surface area (Å²) in [6, 6.07) is 10.2. The Kier molecular flexibility index (Phi) is 9.23. The Bertz CT molecular complexity index is 1480. The molecule has 0 radical (unpaired) electrons. The molecule has 2 amide bonds.